The molecule has 1 aromatic carbocycles. The fourth-order valence-corrected chi connectivity index (χ4v) is 4.58. The quantitative estimate of drug-likeness (QED) is 0.733. The molecule has 1 heterocycles. The molecule has 0 fully saturated rings. The van der Waals surface area contributed by atoms with Crippen molar-refractivity contribution < 1.29 is 16.8 Å². The third-order valence-electron chi connectivity index (χ3n) is 3.46. The first-order valence-corrected chi connectivity index (χ1v) is 10.9. The van der Waals surface area contributed by atoms with Gasteiger partial charge in [-0.15, -0.1) is 0 Å². The highest BCUT2D eigenvalue weighted by molar-refractivity contribution is 7.90. The first-order chi connectivity index (χ1) is 11.1. The number of nitrogens with one attached hydrogen (secondary N) is 1. The second-order valence-corrected chi connectivity index (χ2v) is 9.52. The lowest BCUT2D eigenvalue weighted by Crippen LogP contribution is -2.34. The van der Waals surface area contributed by atoms with Crippen molar-refractivity contribution in [2.45, 2.75) is 15.8 Å². The van der Waals surface area contributed by atoms with E-state index in [0.717, 1.165) is 11.6 Å². The van der Waals surface area contributed by atoms with Gasteiger partial charge in [0.05, 0.1) is 9.79 Å². The van der Waals surface area contributed by atoms with Gasteiger partial charge < -0.3 is 4.90 Å². The highest BCUT2D eigenvalue weighted by Gasteiger charge is 2.21. The van der Waals surface area contributed by atoms with Gasteiger partial charge in [0.25, 0.3) is 0 Å². The lowest BCUT2D eigenvalue weighted by Gasteiger charge is -2.24. The molecule has 10 heteroatoms. The van der Waals surface area contributed by atoms with Gasteiger partial charge in [-0.25, -0.2) is 26.7 Å². The van der Waals surface area contributed by atoms with Gasteiger partial charge >= 0.3 is 0 Å². The Balaban J connectivity index is 2.22. The number of likely N-dealkylation sites (N-methyl/N-ethyl adjacent to an activating group) is 1. The van der Waals surface area contributed by atoms with E-state index in [-0.39, 0.29) is 22.4 Å². The van der Waals surface area contributed by atoms with Crippen molar-refractivity contribution in [2.75, 3.05) is 20.6 Å². The molecule has 0 spiro atoms. The fourth-order valence-electron chi connectivity index (χ4n) is 2.15. The lowest BCUT2D eigenvalue weighted by atomic mass is 10.1. The number of thiophene rings is 1. The molecule has 1 atom stereocenters. The predicted octanol–water partition coefficient (Wildman–Crippen LogP) is 0.977. The number of hydrogen-bond acceptors (Lipinski definition) is 6. The second kappa shape index (κ2) is 7.30. The van der Waals surface area contributed by atoms with Crippen molar-refractivity contribution in [3.63, 3.8) is 0 Å². The number of sulfonamides is 2. The molecule has 3 N–H and O–H groups in total. The minimum absolute atomic E-state index is 0.132. The van der Waals surface area contributed by atoms with Crippen molar-refractivity contribution in [1.82, 2.24) is 9.62 Å². The maximum absolute atomic E-state index is 12.4. The van der Waals surface area contributed by atoms with Gasteiger partial charge in [-0.3, -0.25) is 0 Å². The zero-order valence-corrected chi connectivity index (χ0v) is 15.7. The van der Waals surface area contributed by atoms with Gasteiger partial charge in [-0.2, -0.15) is 11.3 Å². The molecule has 0 aliphatic heterocycles. The van der Waals surface area contributed by atoms with E-state index in [1.165, 1.54) is 29.5 Å². The van der Waals surface area contributed by atoms with Gasteiger partial charge in [0.2, 0.25) is 20.0 Å². The minimum Gasteiger partial charge on any atom is -0.301 e. The van der Waals surface area contributed by atoms with Crippen LogP contribution < -0.4 is 9.86 Å². The molecule has 132 valence electrons. The van der Waals surface area contributed by atoms with Crippen LogP contribution in [0.3, 0.4) is 0 Å². The van der Waals surface area contributed by atoms with Gasteiger partial charge in [0, 0.05) is 12.6 Å². The Kier molecular flexibility index (Phi) is 5.78. The second-order valence-electron chi connectivity index (χ2n) is 5.41. The van der Waals surface area contributed by atoms with Gasteiger partial charge in [0.15, 0.2) is 0 Å². The van der Waals surface area contributed by atoms with Crippen LogP contribution in [0, 0.1) is 0 Å². The van der Waals surface area contributed by atoms with Crippen LogP contribution in [0.15, 0.2) is 50.9 Å². The summed E-state index contributed by atoms with van der Waals surface area (Å²) in [6.45, 7) is 0.158. The van der Waals surface area contributed by atoms with Crippen LogP contribution in [0.5, 0.6) is 0 Å². The number of rotatable bonds is 7. The maximum atomic E-state index is 12.4. The Morgan fingerprint density at radius 1 is 1.17 bits per heavy atom. The number of hydrogen-bond donors (Lipinski definition) is 2. The summed E-state index contributed by atoms with van der Waals surface area (Å²) < 4.78 is 50.2. The van der Waals surface area contributed by atoms with E-state index < -0.39 is 20.0 Å². The van der Waals surface area contributed by atoms with E-state index in [4.69, 9.17) is 5.14 Å². The molecule has 0 radical (unpaired) electrons. The van der Waals surface area contributed by atoms with E-state index in [1.54, 1.807) is 0 Å². The van der Waals surface area contributed by atoms with E-state index in [9.17, 15) is 16.8 Å². The van der Waals surface area contributed by atoms with E-state index in [2.05, 4.69) is 4.72 Å². The Morgan fingerprint density at radius 3 is 2.38 bits per heavy atom. The third-order valence-corrected chi connectivity index (χ3v) is 6.50. The molecule has 0 bridgehead atoms. The first-order valence-electron chi connectivity index (χ1n) is 6.92. The van der Waals surface area contributed by atoms with Crippen molar-refractivity contribution in [1.29, 1.82) is 0 Å². The zero-order chi connectivity index (χ0) is 18.0. The normalized spacial score (nSPS) is 14.0. The SMILES string of the molecule is CN(C)C(CNS(=O)(=O)c1cccc(S(N)(=O)=O)c1)c1ccsc1. The van der Waals surface area contributed by atoms with Crippen LogP contribution in [0.25, 0.3) is 0 Å². The summed E-state index contributed by atoms with van der Waals surface area (Å²) in [6, 6.07) is 6.77. The molecule has 0 amide bonds. The summed E-state index contributed by atoms with van der Waals surface area (Å²) in [5, 5.41) is 8.93. The highest BCUT2D eigenvalue weighted by atomic mass is 32.2. The van der Waals surface area contributed by atoms with Crippen LogP contribution in [0.1, 0.15) is 11.6 Å². The minimum atomic E-state index is -3.96. The maximum Gasteiger partial charge on any atom is 0.240 e. The number of nitrogens with two attached hydrogens (primary N) is 1. The molecule has 0 aliphatic rings. The monoisotopic (exact) mass is 389 g/mol. The Bertz CT molecular complexity index is 891. The molecule has 1 unspecified atom stereocenters. The number of primary sulfonamides is 1. The topological polar surface area (TPSA) is 110 Å². The standard InChI is InChI=1S/C14H19N3O4S3/c1-17(2)14(11-6-7-22-10-11)9-16-24(20,21)13-5-3-4-12(8-13)23(15,18)19/h3-8,10,14,16H,9H2,1-2H3,(H2,15,18,19). The smallest absolute Gasteiger partial charge is 0.240 e. The van der Waals surface area contributed by atoms with Crippen molar-refractivity contribution in [3.8, 4) is 0 Å². The van der Waals surface area contributed by atoms with Crippen molar-refractivity contribution in [2.24, 2.45) is 5.14 Å². The molecule has 2 rings (SSSR count). The van der Waals surface area contributed by atoms with E-state index in [0.29, 0.717) is 0 Å². The molecule has 0 aliphatic carbocycles. The summed E-state index contributed by atoms with van der Waals surface area (Å²) in [5.74, 6) is 0. The average Bonchev–Trinajstić information content (AvgIpc) is 3.00. The summed E-state index contributed by atoms with van der Waals surface area (Å²) in [7, 11) is -4.10. The molecule has 0 saturated carbocycles. The first kappa shape index (κ1) is 19.0. The van der Waals surface area contributed by atoms with Crippen LogP contribution in [0.4, 0.5) is 0 Å². The van der Waals surface area contributed by atoms with Gasteiger partial charge in [0.1, 0.15) is 0 Å². The lowest BCUT2D eigenvalue weighted by molar-refractivity contribution is 0.300. The Morgan fingerprint density at radius 2 is 1.83 bits per heavy atom. The molecular weight excluding hydrogens is 370 g/mol. The molecule has 7 nitrogen and oxygen atoms in total. The van der Waals surface area contributed by atoms with E-state index in [1.807, 2.05) is 35.8 Å². The van der Waals surface area contributed by atoms with Crippen molar-refractivity contribution >= 4 is 31.4 Å². The molecule has 2 aromatic rings. The Labute approximate surface area is 146 Å². The average molecular weight is 390 g/mol. The third kappa shape index (κ3) is 4.62. The number of nitrogens with zero attached hydrogens (tertiary/aromatic N) is 1. The van der Waals surface area contributed by atoms with Crippen LogP contribution in [0.2, 0.25) is 0 Å². The summed E-state index contributed by atoms with van der Waals surface area (Å²) in [6.07, 6.45) is 0. The number of benzene rings is 1. The van der Waals surface area contributed by atoms with Crippen LogP contribution in [-0.4, -0.2) is 42.4 Å². The molecule has 1 aromatic heterocycles. The van der Waals surface area contributed by atoms with Gasteiger partial charge in [-0.1, -0.05) is 6.07 Å². The van der Waals surface area contributed by atoms with Gasteiger partial charge in [-0.05, 0) is 54.7 Å². The summed E-state index contributed by atoms with van der Waals surface area (Å²) in [5.41, 5.74) is 1.01. The van der Waals surface area contributed by atoms with E-state index >= 15 is 0 Å². The molecule has 24 heavy (non-hydrogen) atoms. The Hall–Kier alpha value is -1.30. The summed E-state index contributed by atoms with van der Waals surface area (Å²) >= 11 is 1.54. The van der Waals surface area contributed by atoms with Crippen molar-refractivity contribution in [3.05, 3.63) is 46.7 Å². The highest BCUT2D eigenvalue weighted by Crippen LogP contribution is 2.21. The zero-order valence-electron chi connectivity index (χ0n) is 13.2. The van der Waals surface area contributed by atoms with Crippen LogP contribution >= 0.6 is 11.3 Å². The van der Waals surface area contributed by atoms with Crippen LogP contribution in [-0.2, 0) is 20.0 Å². The summed E-state index contributed by atoms with van der Waals surface area (Å²) in [4.78, 5) is 1.52. The largest absolute Gasteiger partial charge is 0.301 e. The molecular formula is C14H19N3O4S3. The predicted molar refractivity (Wildman–Crippen MR) is 93.8 cm³/mol. The molecule has 0 saturated heterocycles. The fraction of sp³-hybridized carbons (Fsp3) is 0.286.